The zero-order valence-corrected chi connectivity index (χ0v) is 6.35. The van der Waals surface area contributed by atoms with Crippen LogP contribution in [-0.4, -0.2) is 29.1 Å². The quantitative estimate of drug-likeness (QED) is 0.391. The van der Waals surface area contributed by atoms with Crippen molar-refractivity contribution in [2.45, 2.75) is 13.8 Å². The van der Waals surface area contributed by atoms with E-state index in [2.05, 4.69) is 0 Å². The molecule has 0 bridgehead atoms. The van der Waals surface area contributed by atoms with E-state index in [-0.39, 0.29) is 0 Å². The lowest BCUT2D eigenvalue weighted by atomic mass is 10.9. The highest BCUT2D eigenvalue weighted by Gasteiger charge is 1.88. The lowest BCUT2D eigenvalue weighted by Crippen LogP contribution is -2.02. The van der Waals surface area contributed by atoms with E-state index in [1.54, 1.807) is 0 Å². The van der Waals surface area contributed by atoms with Crippen molar-refractivity contribution < 1.29 is 7.58 Å². The molecule has 0 rings (SSSR count). The van der Waals surface area contributed by atoms with Crippen molar-refractivity contribution in [1.29, 1.82) is 0 Å². The van der Waals surface area contributed by atoms with Crippen LogP contribution in [0.15, 0.2) is 0 Å². The SMILES string of the molecule is CC[O][AlH][O]CC. The Morgan fingerprint density at radius 2 is 1.57 bits per heavy atom. The monoisotopic (exact) mass is 118 g/mol. The number of hydrogen-bond donors (Lipinski definition) is 0. The third-order valence-electron chi connectivity index (χ3n) is 0.575. The molecule has 0 radical (unpaired) electrons. The summed E-state index contributed by atoms with van der Waals surface area (Å²) in [5.41, 5.74) is 0. The van der Waals surface area contributed by atoms with E-state index >= 15 is 0 Å². The molecule has 0 saturated heterocycles. The van der Waals surface area contributed by atoms with E-state index in [0.717, 1.165) is 13.2 Å². The lowest BCUT2D eigenvalue weighted by Gasteiger charge is -1.95. The van der Waals surface area contributed by atoms with Crippen molar-refractivity contribution >= 4 is 15.9 Å². The maximum absolute atomic E-state index is 4.99. The van der Waals surface area contributed by atoms with E-state index in [1.165, 1.54) is 0 Å². The van der Waals surface area contributed by atoms with Crippen molar-refractivity contribution in [2.75, 3.05) is 13.2 Å². The van der Waals surface area contributed by atoms with Gasteiger partial charge in [-0.05, 0) is 13.8 Å². The molecule has 0 N–H and O–H groups in total. The van der Waals surface area contributed by atoms with Gasteiger partial charge in [-0.2, -0.15) is 0 Å². The van der Waals surface area contributed by atoms with Crippen molar-refractivity contribution in [3.63, 3.8) is 0 Å². The fourth-order valence-corrected chi connectivity index (χ4v) is 0.677. The normalized spacial score (nSPS) is 8.86. The first kappa shape index (κ1) is 7.45. The van der Waals surface area contributed by atoms with Gasteiger partial charge in [-0.15, -0.1) is 0 Å². The second kappa shape index (κ2) is 6.45. The van der Waals surface area contributed by atoms with Gasteiger partial charge < -0.3 is 7.58 Å². The van der Waals surface area contributed by atoms with Crippen LogP contribution in [0.4, 0.5) is 0 Å². The van der Waals surface area contributed by atoms with Gasteiger partial charge in [-0.3, -0.25) is 0 Å². The molecular formula is C4H11AlO2. The second-order valence-corrected chi connectivity index (χ2v) is 2.16. The van der Waals surface area contributed by atoms with Crippen LogP contribution in [0.3, 0.4) is 0 Å². The molecule has 0 aliphatic rings. The third kappa shape index (κ3) is 6.45. The number of rotatable bonds is 4. The van der Waals surface area contributed by atoms with Crippen LogP contribution in [0.2, 0.25) is 0 Å². The molecule has 0 spiro atoms. The zero-order valence-electron chi connectivity index (χ0n) is 4.94. The molecule has 0 aromatic heterocycles. The molecule has 0 amide bonds. The minimum absolute atomic E-state index is 0.589. The molecule has 0 heterocycles. The first-order valence-corrected chi connectivity index (χ1v) is 3.72. The summed E-state index contributed by atoms with van der Waals surface area (Å²) in [5.74, 6) is 0. The molecule has 0 aromatic carbocycles. The molecule has 0 aliphatic carbocycles. The molecule has 0 fully saturated rings. The average molecular weight is 118 g/mol. The van der Waals surface area contributed by atoms with Gasteiger partial charge in [0.1, 0.15) is 0 Å². The van der Waals surface area contributed by atoms with E-state index in [4.69, 9.17) is 7.58 Å². The van der Waals surface area contributed by atoms with Gasteiger partial charge in [0.15, 0.2) is 0 Å². The molecule has 42 valence electrons. The predicted octanol–water partition coefficient (Wildman–Crippen LogP) is 0.326. The van der Waals surface area contributed by atoms with E-state index in [0.29, 0.717) is 0 Å². The standard InChI is InChI=1S/2C2H5O.Al.H/c2*1-2-3;;/h2*2H2,1H3;;/q2*-1;+2;. The highest BCUT2D eigenvalue weighted by Crippen LogP contribution is 1.70. The van der Waals surface area contributed by atoms with Gasteiger partial charge >= 0.3 is 15.9 Å². The van der Waals surface area contributed by atoms with Crippen LogP contribution in [-0.2, 0) is 7.58 Å². The van der Waals surface area contributed by atoms with E-state index < -0.39 is 15.9 Å². The Hall–Kier alpha value is 0.452. The van der Waals surface area contributed by atoms with Crippen molar-refractivity contribution in [3.05, 3.63) is 0 Å². The average Bonchev–Trinajstić information content (AvgIpc) is 1.69. The molecular weight excluding hydrogens is 107 g/mol. The van der Waals surface area contributed by atoms with Gasteiger partial charge in [-0.25, -0.2) is 0 Å². The highest BCUT2D eigenvalue weighted by molar-refractivity contribution is 6.17. The Morgan fingerprint density at radius 1 is 1.14 bits per heavy atom. The summed E-state index contributed by atoms with van der Waals surface area (Å²) in [6, 6.07) is 0. The Kier molecular flexibility index (Phi) is 6.87. The van der Waals surface area contributed by atoms with E-state index in [1.807, 2.05) is 13.8 Å². The van der Waals surface area contributed by atoms with Crippen LogP contribution in [0.25, 0.3) is 0 Å². The highest BCUT2D eigenvalue weighted by atomic mass is 27.2. The molecule has 0 unspecified atom stereocenters. The van der Waals surface area contributed by atoms with Crippen LogP contribution in [0, 0.1) is 0 Å². The van der Waals surface area contributed by atoms with Gasteiger partial charge in [-0.1, -0.05) is 0 Å². The summed E-state index contributed by atoms with van der Waals surface area (Å²) in [4.78, 5) is 0. The predicted molar refractivity (Wildman–Crippen MR) is 30.4 cm³/mol. The largest absolute Gasteiger partial charge is 0.649 e. The van der Waals surface area contributed by atoms with Gasteiger partial charge in [0.25, 0.3) is 0 Å². The molecule has 2 nitrogen and oxygen atoms in total. The Balaban J connectivity index is 2.45. The molecule has 0 saturated carbocycles. The van der Waals surface area contributed by atoms with Crippen molar-refractivity contribution in [2.24, 2.45) is 0 Å². The van der Waals surface area contributed by atoms with E-state index in [9.17, 15) is 0 Å². The first-order valence-electron chi connectivity index (χ1n) is 2.57. The molecule has 3 heteroatoms. The molecule has 0 aliphatic heterocycles. The summed E-state index contributed by atoms with van der Waals surface area (Å²) in [6.45, 7) is 5.55. The molecule has 0 aromatic rings. The fraction of sp³-hybridized carbons (Fsp3) is 1.00. The third-order valence-corrected chi connectivity index (χ3v) is 1.72. The second-order valence-electron chi connectivity index (χ2n) is 1.10. The van der Waals surface area contributed by atoms with Gasteiger partial charge in [0.2, 0.25) is 0 Å². The molecule has 0 atom stereocenters. The summed E-state index contributed by atoms with van der Waals surface area (Å²) >= 11 is -0.589. The van der Waals surface area contributed by atoms with Crippen LogP contribution >= 0.6 is 0 Å². The first-order chi connectivity index (χ1) is 3.41. The van der Waals surface area contributed by atoms with Gasteiger partial charge in [0, 0.05) is 13.2 Å². The Morgan fingerprint density at radius 3 is 1.86 bits per heavy atom. The summed E-state index contributed by atoms with van der Waals surface area (Å²) in [5, 5.41) is 0. The minimum atomic E-state index is -0.589. The van der Waals surface area contributed by atoms with Gasteiger partial charge in [0.05, 0.1) is 0 Å². The lowest BCUT2D eigenvalue weighted by molar-refractivity contribution is 0.240. The van der Waals surface area contributed by atoms with Crippen LogP contribution in [0.5, 0.6) is 0 Å². The smallest absolute Gasteiger partial charge is 0.481 e. The van der Waals surface area contributed by atoms with Crippen molar-refractivity contribution in [1.82, 2.24) is 0 Å². The van der Waals surface area contributed by atoms with Crippen LogP contribution < -0.4 is 0 Å². The summed E-state index contributed by atoms with van der Waals surface area (Å²) < 4.78 is 9.98. The molecule has 7 heavy (non-hydrogen) atoms. The Bertz CT molecular complexity index is 28.9. The van der Waals surface area contributed by atoms with Crippen LogP contribution in [0.1, 0.15) is 13.8 Å². The zero-order chi connectivity index (χ0) is 5.54. The summed E-state index contributed by atoms with van der Waals surface area (Å²) in [7, 11) is 0. The number of hydrogen-bond acceptors (Lipinski definition) is 2. The maximum Gasteiger partial charge on any atom is 0.649 e. The fourth-order valence-electron chi connectivity index (χ4n) is 0.226. The van der Waals surface area contributed by atoms with Crippen molar-refractivity contribution in [3.8, 4) is 0 Å². The maximum atomic E-state index is 4.99. The minimum Gasteiger partial charge on any atom is -0.481 e. The summed E-state index contributed by atoms with van der Waals surface area (Å²) in [6.07, 6.45) is 0. The Labute approximate surface area is 51.2 Å². The topological polar surface area (TPSA) is 18.5 Å².